The Morgan fingerprint density at radius 3 is 2.48 bits per heavy atom. The van der Waals surface area contributed by atoms with Crippen LogP contribution >= 0.6 is 11.6 Å². The predicted molar refractivity (Wildman–Crippen MR) is 112 cm³/mol. The number of nitrogens with one attached hydrogen (secondary N) is 1. The maximum absolute atomic E-state index is 13.3. The number of nitrogens with zero attached hydrogens (tertiary/aromatic N) is 2. The van der Waals surface area contributed by atoms with E-state index < -0.39 is 24.1 Å². The van der Waals surface area contributed by atoms with Crippen LogP contribution in [-0.2, 0) is 0 Å². The van der Waals surface area contributed by atoms with E-state index in [9.17, 15) is 19.1 Å². The lowest BCUT2D eigenvalue weighted by Gasteiger charge is -2.27. The molecule has 0 aliphatic carbocycles. The summed E-state index contributed by atoms with van der Waals surface area (Å²) in [5, 5.41) is 13.7. The summed E-state index contributed by atoms with van der Waals surface area (Å²) < 4.78 is 14.6. The number of fused-ring (bicyclic) bond motifs is 1. The van der Waals surface area contributed by atoms with Gasteiger partial charge in [-0.3, -0.25) is 9.36 Å². The molecule has 29 heavy (non-hydrogen) atoms. The Bertz CT molecular complexity index is 1130. The minimum absolute atomic E-state index is 0.0893. The second kappa shape index (κ2) is 8.23. The number of aliphatic hydroxyl groups excluding tert-OH is 1. The molecule has 8 heteroatoms. The Balaban J connectivity index is 1.96. The van der Waals surface area contributed by atoms with Crippen LogP contribution in [0.25, 0.3) is 10.8 Å². The fourth-order valence-corrected chi connectivity index (χ4v) is 3.30. The number of benzene rings is 2. The predicted octanol–water partition coefficient (Wildman–Crippen LogP) is 4.53. The molecule has 2 aromatic carbocycles. The molecule has 3 aromatic rings. The van der Waals surface area contributed by atoms with Gasteiger partial charge in [-0.25, -0.2) is 9.18 Å². The van der Waals surface area contributed by atoms with Gasteiger partial charge < -0.3 is 15.3 Å². The van der Waals surface area contributed by atoms with Gasteiger partial charge in [-0.15, -0.1) is 0 Å². The van der Waals surface area contributed by atoms with E-state index in [1.165, 1.54) is 34.6 Å². The first-order chi connectivity index (χ1) is 13.7. The van der Waals surface area contributed by atoms with Crippen molar-refractivity contribution in [2.75, 3.05) is 12.4 Å². The van der Waals surface area contributed by atoms with Crippen LogP contribution in [0.5, 0.6) is 0 Å². The zero-order valence-corrected chi connectivity index (χ0v) is 16.9. The first-order valence-electron chi connectivity index (χ1n) is 9.01. The van der Waals surface area contributed by atoms with E-state index in [2.05, 4.69) is 5.32 Å². The van der Waals surface area contributed by atoms with Crippen LogP contribution < -0.4 is 10.9 Å². The monoisotopic (exact) mass is 417 g/mol. The molecule has 152 valence electrons. The van der Waals surface area contributed by atoms with Crippen molar-refractivity contribution in [2.45, 2.75) is 26.1 Å². The molecule has 0 aliphatic rings. The van der Waals surface area contributed by atoms with Gasteiger partial charge in [0.15, 0.2) is 0 Å². The number of carbonyl (C=O) groups is 1. The van der Waals surface area contributed by atoms with Gasteiger partial charge in [0.05, 0.1) is 11.1 Å². The number of aromatic nitrogens is 1. The molecule has 2 N–H and O–H groups in total. The highest BCUT2D eigenvalue weighted by Crippen LogP contribution is 2.27. The zero-order chi connectivity index (χ0) is 21.3. The molecule has 3 rings (SSSR count). The Morgan fingerprint density at radius 2 is 1.86 bits per heavy atom. The number of carbonyl (C=O) groups excluding carboxylic acids is 1. The summed E-state index contributed by atoms with van der Waals surface area (Å²) in [4.78, 5) is 26.8. The summed E-state index contributed by atoms with van der Waals surface area (Å²) in [7, 11) is 1.61. The van der Waals surface area contributed by atoms with Crippen LogP contribution in [0.15, 0.2) is 53.5 Å². The van der Waals surface area contributed by atoms with Crippen molar-refractivity contribution < 1.29 is 14.3 Å². The van der Waals surface area contributed by atoms with E-state index in [1.54, 1.807) is 31.4 Å². The fourth-order valence-electron chi connectivity index (χ4n) is 3.12. The third-order valence-corrected chi connectivity index (χ3v) is 5.20. The summed E-state index contributed by atoms with van der Waals surface area (Å²) in [5.41, 5.74) is 0.759. The molecule has 2 amide bonds. The highest BCUT2D eigenvalue weighted by Gasteiger charge is 2.22. The lowest BCUT2D eigenvalue weighted by molar-refractivity contribution is 0.120. The molecule has 0 saturated heterocycles. The summed E-state index contributed by atoms with van der Waals surface area (Å²) in [6.07, 6.45) is 0.553. The average molecular weight is 418 g/mol. The standard InChI is InChI=1S/C21H21ClFN3O3/c1-12(25(3)21(29)24-14-8-9-19(23)18(22)10-14)17-11-26(13(2)27)20(28)16-7-5-4-6-15(16)17/h4-13,27H,1-3H3,(H,24,29). The Labute approximate surface area is 172 Å². The van der Waals surface area contributed by atoms with Crippen molar-refractivity contribution in [1.29, 1.82) is 0 Å². The van der Waals surface area contributed by atoms with Gasteiger partial charge in [0, 0.05) is 24.3 Å². The van der Waals surface area contributed by atoms with Crippen molar-refractivity contribution in [3.63, 3.8) is 0 Å². The maximum Gasteiger partial charge on any atom is 0.322 e. The van der Waals surface area contributed by atoms with E-state index in [4.69, 9.17) is 11.6 Å². The summed E-state index contributed by atoms with van der Waals surface area (Å²) in [6.45, 7) is 3.31. The number of pyridine rings is 1. The van der Waals surface area contributed by atoms with Crippen molar-refractivity contribution in [1.82, 2.24) is 9.47 Å². The fraction of sp³-hybridized carbons (Fsp3) is 0.238. The molecular formula is C21H21ClFN3O3. The number of hydrogen-bond acceptors (Lipinski definition) is 3. The number of rotatable bonds is 4. The lowest BCUT2D eigenvalue weighted by Crippen LogP contribution is -2.34. The second-order valence-corrected chi connectivity index (χ2v) is 7.23. The molecule has 0 bridgehead atoms. The molecule has 1 heterocycles. The quantitative estimate of drug-likeness (QED) is 0.655. The van der Waals surface area contributed by atoms with Crippen LogP contribution in [0.1, 0.15) is 31.7 Å². The lowest BCUT2D eigenvalue weighted by atomic mass is 10.0. The smallest absolute Gasteiger partial charge is 0.322 e. The number of hydrogen-bond donors (Lipinski definition) is 2. The van der Waals surface area contributed by atoms with Gasteiger partial charge in [-0.05, 0) is 49.1 Å². The molecule has 0 radical (unpaired) electrons. The molecule has 0 spiro atoms. The number of anilines is 1. The van der Waals surface area contributed by atoms with Crippen LogP contribution in [-0.4, -0.2) is 27.7 Å². The topological polar surface area (TPSA) is 74.6 Å². The van der Waals surface area contributed by atoms with Crippen molar-refractivity contribution in [2.24, 2.45) is 0 Å². The first kappa shape index (κ1) is 20.8. The third-order valence-electron chi connectivity index (χ3n) is 4.91. The Hall–Kier alpha value is -2.90. The van der Waals surface area contributed by atoms with Crippen LogP contribution in [0.3, 0.4) is 0 Å². The molecule has 1 aromatic heterocycles. The number of urea groups is 1. The van der Waals surface area contributed by atoms with Crippen molar-refractivity contribution >= 4 is 34.1 Å². The molecule has 2 atom stereocenters. The van der Waals surface area contributed by atoms with Crippen LogP contribution in [0.4, 0.5) is 14.9 Å². The summed E-state index contributed by atoms with van der Waals surface area (Å²) >= 11 is 5.77. The van der Waals surface area contributed by atoms with Gasteiger partial charge in [-0.2, -0.15) is 0 Å². The second-order valence-electron chi connectivity index (χ2n) is 6.82. The van der Waals surface area contributed by atoms with E-state index in [1.807, 2.05) is 13.0 Å². The highest BCUT2D eigenvalue weighted by molar-refractivity contribution is 6.31. The van der Waals surface area contributed by atoms with Gasteiger partial charge in [-0.1, -0.05) is 29.8 Å². The minimum Gasteiger partial charge on any atom is -0.373 e. The van der Waals surface area contributed by atoms with E-state index in [0.29, 0.717) is 22.0 Å². The molecular weight excluding hydrogens is 397 g/mol. The Kier molecular flexibility index (Phi) is 5.91. The normalized spacial score (nSPS) is 13.2. The van der Waals surface area contributed by atoms with Gasteiger partial charge in [0.25, 0.3) is 5.56 Å². The maximum atomic E-state index is 13.3. The van der Waals surface area contributed by atoms with Crippen molar-refractivity contribution in [3.8, 4) is 0 Å². The number of aliphatic hydroxyl groups is 1. The Morgan fingerprint density at radius 1 is 1.21 bits per heavy atom. The molecule has 6 nitrogen and oxygen atoms in total. The van der Waals surface area contributed by atoms with Crippen LogP contribution in [0.2, 0.25) is 5.02 Å². The number of amides is 2. The largest absolute Gasteiger partial charge is 0.373 e. The highest BCUT2D eigenvalue weighted by atomic mass is 35.5. The summed E-state index contributed by atoms with van der Waals surface area (Å²) in [6, 6.07) is 10.1. The molecule has 0 aliphatic heterocycles. The van der Waals surface area contributed by atoms with E-state index >= 15 is 0 Å². The van der Waals surface area contributed by atoms with Crippen molar-refractivity contribution in [3.05, 3.63) is 75.4 Å². The number of halogens is 2. The first-order valence-corrected chi connectivity index (χ1v) is 9.39. The van der Waals surface area contributed by atoms with E-state index in [0.717, 1.165) is 0 Å². The third kappa shape index (κ3) is 4.11. The SMILES string of the molecule is CC(c1cn(C(C)O)c(=O)c2ccccc12)N(C)C(=O)Nc1ccc(F)c(Cl)c1. The van der Waals surface area contributed by atoms with Gasteiger partial charge in [0.2, 0.25) is 0 Å². The van der Waals surface area contributed by atoms with Crippen LogP contribution in [0, 0.1) is 5.82 Å². The molecule has 0 fully saturated rings. The zero-order valence-electron chi connectivity index (χ0n) is 16.2. The van der Waals surface area contributed by atoms with E-state index in [-0.39, 0.29) is 10.6 Å². The molecule has 0 saturated carbocycles. The molecule has 2 unspecified atom stereocenters. The van der Waals surface area contributed by atoms with Gasteiger partial charge in [0.1, 0.15) is 12.0 Å². The summed E-state index contributed by atoms with van der Waals surface area (Å²) in [5.74, 6) is -0.571. The average Bonchev–Trinajstić information content (AvgIpc) is 2.70. The minimum atomic E-state index is -1.02. The van der Waals surface area contributed by atoms with Gasteiger partial charge >= 0.3 is 6.03 Å².